The van der Waals surface area contributed by atoms with E-state index in [4.69, 9.17) is 5.11 Å². The van der Waals surface area contributed by atoms with Crippen molar-refractivity contribution in [3.05, 3.63) is 11.1 Å². The Labute approximate surface area is 79.4 Å². The number of carboxylic acids is 1. The molecule has 0 aliphatic heterocycles. The molecule has 1 atom stereocenters. The lowest BCUT2D eigenvalue weighted by Crippen LogP contribution is -2.45. The smallest absolute Gasteiger partial charge is 0.336 e. The number of carboxylic acid groups (broad SMARTS) is 1. The molecule has 0 aromatic carbocycles. The van der Waals surface area contributed by atoms with Gasteiger partial charge >= 0.3 is 5.97 Å². The molecule has 5 heteroatoms. The molecule has 70 valence electrons. The van der Waals surface area contributed by atoms with Crippen LogP contribution in [-0.2, 0) is 4.79 Å². The second kappa shape index (κ2) is 4.59. The quantitative estimate of drug-likeness (QED) is 0.645. The summed E-state index contributed by atoms with van der Waals surface area (Å²) in [5.74, 6) is -1.24. The zero-order chi connectivity index (χ0) is 9.78. The van der Waals surface area contributed by atoms with Gasteiger partial charge in [-0.3, -0.25) is 0 Å². The fourth-order valence-electron chi connectivity index (χ4n) is 0.517. The molecule has 0 saturated carbocycles. The highest BCUT2D eigenvalue weighted by molar-refractivity contribution is 9.11. The average molecular weight is 238 g/mol. The summed E-state index contributed by atoms with van der Waals surface area (Å²) < 4.78 is 0.712. The minimum Gasteiger partial charge on any atom is -0.479 e. The van der Waals surface area contributed by atoms with Crippen LogP contribution in [0.2, 0.25) is 0 Å². The summed E-state index contributed by atoms with van der Waals surface area (Å²) in [7, 11) is 0. The van der Waals surface area contributed by atoms with Crippen LogP contribution in [0.15, 0.2) is 11.1 Å². The van der Waals surface area contributed by atoms with Crippen molar-refractivity contribution in [2.45, 2.75) is 12.5 Å². The molecule has 0 heterocycles. The van der Waals surface area contributed by atoms with E-state index in [1.165, 1.54) is 6.92 Å². The Bertz CT molecular complexity index is 191. The van der Waals surface area contributed by atoms with Crippen LogP contribution >= 0.6 is 15.9 Å². The fourth-order valence-corrected chi connectivity index (χ4v) is 0.715. The number of carbonyl (C=O) groups is 1. The first-order valence-electron chi connectivity index (χ1n) is 3.36. The Morgan fingerprint density at radius 3 is 2.58 bits per heavy atom. The molecular formula is C7H12BrNO3. The van der Waals surface area contributed by atoms with Gasteiger partial charge < -0.3 is 15.5 Å². The average Bonchev–Trinajstić information content (AvgIpc) is 1.85. The third kappa shape index (κ3) is 4.48. The van der Waals surface area contributed by atoms with E-state index in [1.54, 1.807) is 0 Å². The number of halogens is 1. The second-order valence-electron chi connectivity index (χ2n) is 2.70. The van der Waals surface area contributed by atoms with Crippen molar-refractivity contribution in [2.24, 2.45) is 0 Å². The zero-order valence-corrected chi connectivity index (χ0v) is 8.39. The predicted octanol–water partition coefficient (Wildman–Crippen LogP) is 0.320. The second-order valence-corrected chi connectivity index (χ2v) is 3.82. The van der Waals surface area contributed by atoms with E-state index in [0.717, 1.165) is 0 Å². The predicted molar refractivity (Wildman–Crippen MR) is 49.2 cm³/mol. The first kappa shape index (κ1) is 11.6. The molecule has 0 saturated heterocycles. The standard InChI is InChI=1S/C7H12BrNO3/c1-5(8)3-9-4-7(2,12)6(10)11/h9,12H,1,3-4H2,2H3,(H,10,11). The molecule has 0 amide bonds. The molecule has 0 bridgehead atoms. The summed E-state index contributed by atoms with van der Waals surface area (Å²) in [4.78, 5) is 10.4. The summed E-state index contributed by atoms with van der Waals surface area (Å²) >= 11 is 3.09. The van der Waals surface area contributed by atoms with Gasteiger partial charge in [0.2, 0.25) is 0 Å². The van der Waals surface area contributed by atoms with Crippen LogP contribution in [0.3, 0.4) is 0 Å². The van der Waals surface area contributed by atoms with Gasteiger partial charge in [0.05, 0.1) is 0 Å². The van der Waals surface area contributed by atoms with Gasteiger partial charge in [-0.15, -0.1) is 0 Å². The van der Waals surface area contributed by atoms with Crippen LogP contribution in [0.4, 0.5) is 0 Å². The van der Waals surface area contributed by atoms with E-state index in [9.17, 15) is 9.90 Å². The van der Waals surface area contributed by atoms with Crippen molar-refractivity contribution in [1.82, 2.24) is 5.32 Å². The molecule has 3 N–H and O–H groups in total. The molecule has 0 spiro atoms. The highest BCUT2D eigenvalue weighted by atomic mass is 79.9. The maximum Gasteiger partial charge on any atom is 0.336 e. The van der Waals surface area contributed by atoms with Gasteiger partial charge in [0, 0.05) is 17.6 Å². The molecule has 0 aromatic heterocycles. The molecule has 0 aliphatic rings. The summed E-state index contributed by atoms with van der Waals surface area (Å²) in [6.07, 6.45) is 0. The molecule has 1 unspecified atom stereocenters. The number of nitrogens with one attached hydrogen (secondary N) is 1. The third-order valence-corrected chi connectivity index (χ3v) is 1.53. The number of hydrogen-bond donors (Lipinski definition) is 3. The first-order valence-corrected chi connectivity index (χ1v) is 4.15. The molecule has 0 fully saturated rings. The van der Waals surface area contributed by atoms with Crippen molar-refractivity contribution in [3.8, 4) is 0 Å². The molecule has 12 heavy (non-hydrogen) atoms. The van der Waals surface area contributed by atoms with Gasteiger partial charge in [0.25, 0.3) is 0 Å². The molecular weight excluding hydrogens is 226 g/mol. The Morgan fingerprint density at radius 1 is 1.75 bits per heavy atom. The minimum absolute atomic E-state index is 0.00699. The van der Waals surface area contributed by atoms with E-state index in [-0.39, 0.29) is 6.54 Å². The van der Waals surface area contributed by atoms with Crippen LogP contribution in [0.1, 0.15) is 6.92 Å². The lowest BCUT2D eigenvalue weighted by atomic mass is 10.1. The number of aliphatic hydroxyl groups is 1. The molecule has 0 radical (unpaired) electrons. The van der Waals surface area contributed by atoms with Crippen LogP contribution in [0.25, 0.3) is 0 Å². The summed E-state index contributed by atoms with van der Waals surface area (Å²) in [5, 5.41) is 20.4. The molecule has 0 aromatic rings. The van der Waals surface area contributed by atoms with Crippen molar-refractivity contribution >= 4 is 21.9 Å². The Morgan fingerprint density at radius 2 is 2.25 bits per heavy atom. The lowest BCUT2D eigenvalue weighted by Gasteiger charge is -2.17. The maximum atomic E-state index is 10.4. The van der Waals surface area contributed by atoms with Gasteiger partial charge in [-0.1, -0.05) is 22.5 Å². The Hall–Kier alpha value is -0.390. The van der Waals surface area contributed by atoms with Crippen molar-refractivity contribution < 1.29 is 15.0 Å². The van der Waals surface area contributed by atoms with Crippen LogP contribution in [0, 0.1) is 0 Å². The fraction of sp³-hybridized carbons (Fsp3) is 0.571. The Kier molecular flexibility index (Phi) is 4.44. The number of hydrogen-bond acceptors (Lipinski definition) is 3. The van der Waals surface area contributed by atoms with E-state index in [2.05, 4.69) is 27.8 Å². The topological polar surface area (TPSA) is 69.6 Å². The van der Waals surface area contributed by atoms with Crippen LogP contribution in [0.5, 0.6) is 0 Å². The van der Waals surface area contributed by atoms with E-state index >= 15 is 0 Å². The monoisotopic (exact) mass is 237 g/mol. The highest BCUT2D eigenvalue weighted by Gasteiger charge is 2.28. The summed E-state index contributed by atoms with van der Waals surface area (Å²) in [6, 6.07) is 0. The van der Waals surface area contributed by atoms with Gasteiger partial charge in [-0.2, -0.15) is 0 Å². The lowest BCUT2D eigenvalue weighted by molar-refractivity contribution is -0.156. The largest absolute Gasteiger partial charge is 0.479 e. The van der Waals surface area contributed by atoms with E-state index in [0.29, 0.717) is 11.0 Å². The third-order valence-electron chi connectivity index (χ3n) is 1.25. The summed E-state index contributed by atoms with van der Waals surface area (Å²) in [6.45, 7) is 5.21. The molecule has 0 aliphatic carbocycles. The SMILES string of the molecule is C=C(Br)CNCC(C)(O)C(=O)O. The van der Waals surface area contributed by atoms with E-state index < -0.39 is 11.6 Å². The normalized spacial score (nSPS) is 15.2. The van der Waals surface area contributed by atoms with Gasteiger partial charge in [0.15, 0.2) is 5.60 Å². The Balaban J connectivity index is 3.76. The van der Waals surface area contributed by atoms with Gasteiger partial charge in [0.1, 0.15) is 0 Å². The van der Waals surface area contributed by atoms with Gasteiger partial charge in [-0.05, 0) is 6.92 Å². The van der Waals surface area contributed by atoms with Crippen LogP contribution < -0.4 is 5.32 Å². The van der Waals surface area contributed by atoms with Crippen molar-refractivity contribution in [1.29, 1.82) is 0 Å². The van der Waals surface area contributed by atoms with E-state index in [1.807, 2.05) is 0 Å². The molecule has 4 nitrogen and oxygen atoms in total. The number of aliphatic carboxylic acids is 1. The van der Waals surface area contributed by atoms with Crippen molar-refractivity contribution in [2.75, 3.05) is 13.1 Å². The zero-order valence-electron chi connectivity index (χ0n) is 6.80. The first-order chi connectivity index (χ1) is 5.36. The summed E-state index contributed by atoms with van der Waals surface area (Å²) in [5.41, 5.74) is -1.72. The highest BCUT2D eigenvalue weighted by Crippen LogP contribution is 2.02. The molecule has 0 rings (SSSR count). The number of rotatable bonds is 5. The maximum absolute atomic E-state index is 10.4. The van der Waals surface area contributed by atoms with Crippen LogP contribution in [-0.4, -0.2) is 34.9 Å². The van der Waals surface area contributed by atoms with Gasteiger partial charge in [-0.25, -0.2) is 4.79 Å². The minimum atomic E-state index is -1.72. The van der Waals surface area contributed by atoms with Crippen molar-refractivity contribution in [3.63, 3.8) is 0 Å².